The zero-order chi connectivity index (χ0) is 15.1. The zero-order valence-electron chi connectivity index (χ0n) is 12.6. The molecule has 0 spiro atoms. The first kappa shape index (κ1) is 15.5. The van der Waals surface area contributed by atoms with Crippen LogP contribution in [0.1, 0.15) is 24.0 Å². The Hall–Kier alpha value is -1.87. The van der Waals surface area contributed by atoms with Crippen molar-refractivity contribution in [1.29, 1.82) is 0 Å². The van der Waals surface area contributed by atoms with E-state index in [1.54, 1.807) is 0 Å². The number of nitrogens with zero attached hydrogens (tertiary/aromatic N) is 1. The molecule has 0 bridgehead atoms. The van der Waals surface area contributed by atoms with Gasteiger partial charge < -0.3 is 10.6 Å². The molecule has 3 heteroatoms. The number of anilines is 1. The number of unbranched alkanes of at least 4 members (excludes halogenated alkanes) is 1. The molecule has 2 N–H and O–H groups in total. The SMILES string of the molecule is CN(CCCCc1ccc(N)cc1)Cc1ccc(F)cc1. The monoisotopic (exact) mass is 286 g/mol. The first-order valence-electron chi connectivity index (χ1n) is 7.41. The van der Waals surface area contributed by atoms with Crippen LogP contribution in [0, 0.1) is 5.82 Å². The molecule has 0 aliphatic rings. The molecular formula is C18H23FN2. The molecule has 0 heterocycles. The van der Waals surface area contributed by atoms with Gasteiger partial charge in [-0.1, -0.05) is 24.3 Å². The highest BCUT2D eigenvalue weighted by Crippen LogP contribution is 2.10. The number of aryl methyl sites for hydroxylation is 1. The third kappa shape index (κ3) is 5.56. The van der Waals surface area contributed by atoms with Crippen molar-refractivity contribution in [3.8, 4) is 0 Å². The van der Waals surface area contributed by atoms with E-state index in [9.17, 15) is 4.39 Å². The smallest absolute Gasteiger partial charge is 0.123 e. The second-order valence-electron chi connectivity index (χ2n) is 5.56. The molecule has 0 aliphatic heterocycles. The molecule has 2 aromatic carbocycles. The number of nitrogen functional groups attached to an aromatic ring is 1. The molecule has 2 rings (SSSR count). The van der Waals surface area contributed by atoms with Gasteiger partial charge in [-0.05, 0) is 68.2 Å². The predicted octanol–water partition coefficient (Wildman–Crippen LogP) is 3.86. The Balaban J connectivity index is 1.66. The van der Waals surface area contributed by atoms with E-state index in [1.165, 1.54) is 17.7 Å². The maximum atomic E-state index is 12.8. The highest BCUT2D eigenvalue weighted by molar-refractivity contribution is 5.39. The van der Waals surface area contributed by atoms with Crippen molar-refractivity contribution >= 4 is 5.69 Å². The third-order valence-corrected chi connectivity index (χ3v) is 3.60. The summed E-state index contributed by atoms with van der Waals surface area (Å²) in [5.41, 5.74) is 8.98. The summed E-state index contributed by atoms with van der Waals surface area (Å²) in [6.07, 6.45) is 3.41. The average Bonchev–Trinajstić information content (AvgIpc) is 2.48. The van der Waals surface area contributed by atoms with Gasteiger partial charge in [-0.15, -0.1) is 0 Å². The van der Waals surface area contributed by atoms with Crippen LogP contribution >= 0.6 is 0 Å². The standard InChI is InChI=1S/C18H23FN2/c1-21(14-16-5-9-17(19)10-6-16)13-3-2-4-15-7-11-18(20)12-8-15/h5-12H,2-4,13-14,20H2,1H3. The second-order valence-corrected chi connectivity index (χ2v) is 5.56. The number of rotatable bonds is 7. The summed E-state index contributed by atoms with van der Waals surface area (Å²) in [5, 5.41) is 0. The minimum Gasteiger partial charge on any atom is -0.399 e. The van der Waals surface area contributed by atoms with Crippen LogP contribution in [0.3, 0.4) is 0 Å². The van der Waals surface area contributed by atoms with Gasteiger partial charge in [0.05, 0.1) is 0 Å². The van der Waals surface area contributed by atoms with Crippen LogP contribution in [0.15, 0.2) is 48.5 Å². The minimum atomic E-state index is -0.176. The molecular weight excluding hydrogens is 263 g/mol. The van der Waals surface area contributed by atoms with Gasteiger partial charge in [0.2, 0.25) is 0 Å². The highest BCUT2D eigenvalue weighted by atomic mass is 19.1. The highest BCUT2D eigenvalue weighted by Gasteiger charge is 2.01. The summed E-state index contributed by atoms with van der Waals surface area (Å²) in [4.78, 5) is 2.27. The van der Waals surface area contributed by atoms with Crippen molar-refractivity contribution < 1.29 is 4.39 Å². The van der Waals surface area contributed by atoms with Gasteiger partial charge in [0.1, 0.15) is 5.82 Å². The Bertz CT molecular complexity index is 534. The molecule has 0 radical (unpaired) electrons. The average molecular weight is 286 g/mol. The molecule has 0 atom stereocenters. The van der Waals surface area contributed by atoms with E-state index in [4.69, 9.17) is 5.73 Å². The van der Waals surface area contributed by atoms with Gasteiger partial charge in [-0.2, -0.15) is 0 Å². The zero-order valence-corrected chi connectivity index (χ0v) is 12.6. The van der Waals surface area contributed by atoms with E-state index >= 15 is 0 Å². The topological polar surface area (TPSA) is 29.3 Å². The molecule has 2 aromatic rings. The number of halogens is 1. The van der Waals surface area contributed by atoms with Crippen LogP contribution in [0.4, 0.5) is 10.1 Å². The fourth-order valence-corrected chi connectivity index (χ4v) is 2.38. The van der Waals surface area contributed by atoms with Crippen LogP contribution in [-0.2, 0) is 13.0 Å². The minimum absolute atomic E-state index is 0.176. The molecule has 21 heavy (non-hydrogen) atoms. The summed E-state index contributed by atoms with van der Waals surface area (Å²) in [7, 11) is 2.10. The molecule has 112 valence electrons. The van der Waals surface area contributed by atoms with Crippen molar-refractivity contribution in [1.82, 2.24) is 4.90 Å². The quantitative estimate of drug-likeness (QED) is 0.618. The van der Waals surface area contributed by atoms with Crippen molar-refractivity contribution in [2.75, 3.05) is 19.3 Å². The number of nitrogens with two attached hydrogens (primary N) is 1. The van der Waals surface area contributed by atoms with Gasteiger partial charge in [-0.3, -0.25) is 0 Å². The van der Waals surface area contributed by atoms with Crippen LogP contribution in [0.25, 0.3) is 0 Å². The third-order valence-electron chi connectivity index (χ3n) is 3.60. The van der Waals surface area contributed by atoms with E-state index < -0.39 is 0 Å². The Morgan fingerprint density at radius 3 is 2.19 bits per heavy atom. The molecule has 0 amide bonds. The van der Waals surface area contributed by atoms with Crippen LogP contribution in [0.5, 0.6) is 0 Å². The summed E-state index contributed by atoms with van der Waals surface area (Å²) < 4.78 is 12.8. The Kier molecular flexibility index (Phi) is 5.76. The fourth-order valence-electron chi connectivity index (χ4n) is 2.38. The summed E-state index contributed by atoms with van der Waals surface area (Å²) in [6.45, 7) is 1.91. The summed E-state index contributed by atoms with van der Waals surface area (Å²) in [5.74, 6) is -0.176. The van der Waals surface area contributed by atoms with Crippen molar-refractivity contribution in [2.45, 2.75) is 25.8 Å². The Morgan fingerprint density at radius 2 is 1.52 bits per heavy atom. The molecule has 0 aromatic heterocycles. The lowest BCUT2D eigenvalue weighted by molar-refractivity contribution is 0.318. The normalized spacial score (nSPS) is 11.0. The van der Waals surface area contributed by atoms with Crippen molar-refractivity contribution in [3.05, 3.63) is 65.5 Å². The molecule has 0 unspecified atom stereocenters. The maximum Gasteiger partial charge on any atom is 0.123 e. The summed E-state index contributed by atoms with van der Waals surface area (Å²) >= 11 is 0. The van der Waals surface area contributed by atoms with E-state index in [0.29, 0.717) is 0 Å². The van der Waals surface area contributed by atoms with Gasteiger partial charge >= 0.3 is 0 Å². The van der Waals surface area contributed by atoms with Crippen LogP contribution < -0.4 is 5.73 Å². The van der Waals surface area contributed by atoms with Crippen LogP contribution in [0.2, 0.25) is 0 Å². The fraction of sp³-hybridized carbons (Fsp3) is 0.333. The molecule has 0 saturated heterocycles. The van der Waals surface area contributed by atoms with Crippen LogP contribution in [-0.4, -0.2) is 18.5 Å². The van der Waals surface area contributed by atoms with Gasteiger partial charge in [-0.25, -0.2) is 4.39 Å². The number of hydrogen-bond acceptors (Lipinski definition) is 2. The Morgan fingerprint density at radius 1 is 0.905 bits per heavy atom. The first-order valence-corrected chi connectivity index (χ1v) is 7.41. The Labute approximate surface area is 126 Å². The van der Waals surface area contributed by atoms with Gasteiger partial charge in [0.25, 0.3) is 0 Å². The lowest BCUT2D eigenvalue weighted by atomic mass is 10.1. The number of benzene rings is 2. The molecule has 2 nitrogen and oxygen atoms in total. The van der Waals surface area contributed by atoms with E-state index in [-0.39, 0.29) is 5.82 Å². The molecule has 0 aliphatic carbocycles. The first-order chi connectivity index (χ1) is 10.1. The molecule has 0 saturated carbocycles. The van der Waals surface area contributed by atoms with Crippen molar-refractivity contribution in [2.24, 2.45) is 0 Å². The van der Waals surface area contributed by atoms with E-state index in [0.717, 1.165) is 43.6 Å². The summed E-state index contributed by atoms with van der Waals surface area (Å²) in [6, 6.07) is 14.8. The number of hydrogen-bond donors (Lipinski definition) is 1. The second kappa shape index (κ2) is 7.79. The predicted molar refractivity (Wildman–Crippen MR) is 86.5 cm³/mol. The lowest BCUT2D eigenvalue weighted by Crippen LogP contribution is -2.19. The molecule has 0 fully saturated rings. The van der Waals surface area contributed by atoms with Gasteiger partial charge in [0.15, 0.2) is 0 Å². The van der Waals surface area contributed by atoms with E-state index in [2.05, 4.69) is 24.1 Å². The lowest BCUT2D eigenvalue weighted by Gasteiger charge is -2.16. The van der Waals surface area contributed by atoms with Crippen molar-refractivity contribution in [3.63, 3.8) is 0 Å². The largest absolute Gasteiger partial charge is 0.399 e. The van der Waals surface area contributed by atoms with Gasteiger partial charge in [0, 0.05) is 12.2 Å². The van der Waals surface area contributed by atoms with E-state index in [1.807, 2.05) is 24.3 Å². The maximum absolute atomic E-state index is 12.8.